The van der Waals surface area contributed by atoms with Crippen molar-refractivity contribution < 1.29 is 28.3 Å². The van der Waals surface area contributed by atoms with Crippen LogP contribution in [0.3, 0.4) is 0 Å². The number of hydrogen-bond acceptors (Lipinski definition) is 3. The number of rotatable bonds is 4. The zero-order valence-electron chi connectivity index (χ0n) is 11.7. The Bertz CT molecular complexity index is 472. The van der Waals surface area contributed by atoms with Gasteiger partial charge in [-0.2, -0.15) is 13.2 Å². The van der Waals surface area contributed by atoms with Crippen molar-refractivity contribution in [3.8, 4) is 5.75 Å². The van der Waals surface area contributed by atoms with Gasteiger partial charge in [0, 0.05) is 25.2 Å². The number of hydrogen-bond donors (Lipinski definition) is 3. The molecule has 0 unspecified atom stereocenters. The average Bonchev–Trinajstić information content (AvgIpc) is 2.42. The molecule has 0 bridgehead atoms. The van der Waals surface area contributed by atoms with Gasteiger partial charge >= 0.3 is 6.18 Å². The second-order valence-corrected chi connectivity index (χ2v) is 5.34. The Morgan fingerprint density at radius 2 is 1.86 bits per heavy atom. The number of nitrogens with one attached hydrogen (secondary N) is 1. The van der Waals surface area contributed by atoms with Gasteiger partial charge in [0.25, 0.3) is 0 Å². The monoisotopic (exact) mass is 305 g/mol. The Balaban J connectivity index is 1.95. The van der Waals surface area contributed by atoms with Crippen molar-refractivity contribution in [2.45, 2.75) is 12.7 Å². The minimum atomic E-state index is -4.44. The highest BCUT2D eigenvalue weighted by atomic mass is 19.4. The first-order valence-electron chi connectivity index (χ1n) is 6.96. The summed E-state index contributed by atoms with van der Waals surface area (Å²) in [5, 5.41) is 18.6. The third-order valence-electron chi connectivity index (χ3n) is 3.84. The number of piperazine rings is 1. The largest absolute Gasteiger partial charge is 0.508 e. The Labute approximate surface area is 121 Å². The van der Waals surface area contributed by atoms with Crippen LogP contribution in [-0.2, 0) is 12.7 Å². The van der Waals surface area contributed by atoms with E-state index in [1.165, 1.54) is 11.0 Å². The van der Waals surface area contributed by atoms with Crippen LogP contribution in [0.2, 0.25) is 0 Å². The predicted octanol–water partition coefficient (Wildman–Crippen LogP) is 0.104. The van der Waals surface area contributed by atoms with E-state index in [0.29, 0.717) is 12.1 Å². The fourth-order valence-electron chi connectivity index (χ4n) is 2.55. The summed E-state index contributed by atoms with van der Waals surface area (Å²) in [6.07, 6.45) is -4.44. The van der Waals surface area contributed by atoms with Crippen LogP contribution in [0.4, 0.5) is 13.2 Å². The lowest BCUT2D eigenvalue weighted by atomic mass is 10.1. The summed E-state index contributed by atoms with van der Waals surface area (Å²) < 4.78 is 37.6. The van der Waals surface area contributed by atoms with Gasteiger partial charge in [-0.25, -0.2) is 0 Å². The van der Waals surface area contributed by atoms with Gasteiger partial charge in [0.05, 0.1) is 25.3 Å². The van der Waals surface area contributed by atoms with Gasteiger partial charge < -0.3 is 15.1 Å². The highest BCUT2D eigenvalue weighted by Gasteiger charge is 2.31. The van der Waals surface area contributed by atoms with E-state index in [9.17, 15) is 18.3 Å². The number of halogens is 3. The molecule has 0 amide bonds. The van der Waals surface area contributed by atoms with Crippen LogP contribution < -0.4 is 4.90 Å². The molecule has 7 heteroatoms. The summed E-state index contributed by atoms with van der Waals surface area (Å²) in [7, 11) is 0. The Morgan fingerprint density at radius 1 is 1.19 bits per heavy atom. The fourth-order valence-corrected chi connectivity index (χ4v) is 2.55. The summed E-state index contributed by atoms with van der Waals surface area (Å²) in [6, 6.07) is 3.12. The van der Waals surface area contributed by atoms with Gasteiger partial charge in [-0.1, -0.05) is 6.07 Å². The molecule has 4 nitrogen and oxygen atoms in total. The molecule has 0 spiro atoms. The van der Waals surface area contributed by atoms with E-state index < -0.39 is 11.7 Å². The summed E-state index contributed by atoms with van der Waals surface area (Å²) in [5.41, 5.74) is -0.324. The normalized spacial score (nSPS) is 18.1. The van der Waals surface area contributed by atoms with E-state index in [0.717, 1.165) is 44.9 Å². The maximum absolute atomic E-state index is 12.5. The number of alkyl halides is 3. The third kappa shape index (κ3) is 4.33. The minimum absolute atomic E-state index is 0.162. The fraction of sp³-hybridized carbons (Fsp3) is 0.571. The molecule has 3 N–H and O–H groups in total. The number of aliphatic hydroxyl groups is 1. The van der Waals surface area contributed by atoms with Gasteiger partial charge in [0.15, 0.2) is 0 Å². The lowest BCUT2D eigenvalue weighted by Crippen LogP contribution is -3.15. The smallest absolute Gasteiger partial charge is 0.416 e. The number of aliphatic hydroxyl groups excluding tert-OH is 1. The molecule has 1 aliphatic heterocycles. The van der Waals surface area contributed by atoms with Crippen molar-refractivity contribution in [1.29, 1.82) is 0 Å². The molecule has 1 aliphatic rings. The quantitative estimate of drug-likeness (QED) is 0.740. The number of aromatic hydroxyl groups is 1. The standard InChI is InChI=1S/C14H19F3N2O2/c15-14(16,17)12-2-1-11(13(21)9-12)10-19-5-3-18(4-6-19)7-8-20/h1-2,9,20-21H,3-8,10H2/p+1. The van der Waals surface area contributed by atoms with Crippen molar-refractivity contribution in [2.75, 3.05) is 39.3 Å². The van der Waals surface area contributed by atoms with E-state index in [1.807, 2.05) is 0 Å². The van der Waals surface area contributed by atoms with Gasteiger partial charge in [-0.3, -0.25) is 4.90 Å². The summed E-state index contributed by atoms with van der Waals surface area (Å²) in [4.78, 5) is 3.42. The molecule has 118 valence electrons. The summed E-state index contributed by atoms with van der Waals surface area (Å²) in [5.74, 6) is -0.310. The molecular weight excluding hydrogens is 285 g/mol. The third-order valence-corrected chi connectivity index (χ3v) is 3.84. The van der Waals surface area contributed by atoms with Gasteiger partial charge in [0.2, 0.25) is 0 Å². The van der Waals surface area contributed by atoms with Crippen molar-refractivity contribution in [1.82, 2.24) is 4.90 Å². The number of nitrogens with zero attached hydrogens (tertiary/aromatic N) is 1. The zero-order valence-corrected chi connectivity index (χ0v) is 11.7. The van der Waals surface area contributed by atoms with Crippen molar-refractivity contribution in [3.63, 3.8) is 0 Å². The molecule has 2 rings (SSSR count). The Hall–Kier alpha value is -1.31. The molecule has 0 saturated carbocycles. The Morgan fingerprint density at radius 3 is 2.38 bits per heavy atom. The summed E-state index contributed by atoms with van der Waals surface area (Å²) in [6.45, 7) is 4.71. The maximum Gasteiger partial charge on any atom is 0.416 e. The molecule has 1 aromatic rings. The molecule has 0 atom stereocenters. The number of quaternary nitrogens is 1. The van der Waals surface area contributed by atoms with Gasteiger partial charge in [-0.15, -0.1) is 0 Å². The molecule has 1 aromatic carbocycles. The predicted molar refractivity (Wildman–Crippen MR) is 71.0 cm³/mol. The molecule has 1 saturated heterocycles. The van der Waals surface area contributed by atoms with Crippen LogP contribution >= 0.6 is 0 Å². The molecule has 0 aromatic heterocycles. The second-order valence-electron chi connectivity index (χ2n) is 5.34. The molecule has 21 heavy (non-hydrogen) atoms. The van der Waals surface area contributed by atoms with Crippen molar-refractivity contribution >= 4 is 0 Å². The number of phenolic OH excluding ortho intramolecular Hbond substituents is 1. The highest BCUT2D eigenvalue weighted by molar-refractivity contribution is 5.37. The minimum Gasteiger partial charge on any atom is -0.508 e. The maximum atomic E-state index is 12.5. The first-order valence-corrected chi connectivity index (χ1v) is 6.96. The van der Waals surface area contributed by atoms with E-state index in [4.69, 9.17) is 5.11 Å². The number of benzene rings is 1. The van der Waals surface area contributed by atoms with Gasteiger partial charge in [0.1, 0.15) is 12.3 Å². The molecular formula is C14H20F3N2O2+. The molecule has 0 radical (unpaired) electrons. The average molecular weight is 305 g/mol. The molecule has 1 fully saturated rings. The first kappa shape index (κ1) is 16.1. The molecule has 1 heterocycles. The van der Waals surface area contributed by atoms with E-state index in [1.54, 1.807) is 0 Å². The van der Waals surface area contributed by atoms with Crippen LogP contribution in [-0.4, -0.2) is 54.4 Å². The lowest BCUT2D eigenvalue weighted by Gasteiger charge is -2.32. The van der Waals surface area contributed by atoms with Gasteiger partial charge in [-0.05, 0) is 12.1 Å². The first-order chi connectivity index (χ1) is 9.90. The van der Waals surface area contributed by atoms with Crippen LogP contribution in [0.1, 0.15) is 11.1 Å². The topological polar surface area (TPSA) is 48.1 Å². The Kier molecular flexibility index (Phi) is 5.08. The van der Waals surface area contributed by atoms with Crippen LogP contribution in [0.15, 0.2) is 18.2 Å². The van der Waals surface area contributed by atoms with Crippen molar-refractivity contribution in [2.24, 2.45) is 0 Å². The number of phenols is 1. The summed E-state index contributed by atoms with van der Waals surface area (Å²) >= 11 is 0. The SMILES string of the molecule is OCC[NH+]1CCN(Cc2ccc(C(F)(F)F)cc2O)CC1. The van der Waals surface area contributed by atoms with Crippen molar-refractivity contribution in [3.05, 3.63) is 29.3 Å². The van der Waals surface area contributed by atoms with E-state index in [2.05, 4.69) is 4.90 Å². The highest BCUT2D eigenvalue weighted by Crippen LogP contribution is 2.32. The van der Waals surface area contributed by atoms with E-state index in [-0.39, 0.29) is 12.4 Å². The zero-order chi connectivity index (χ0) is 15.5. The lowest BCUT2D eigenvalue weighted by molar-refractivity contribution is -0.904. The van der Waals surface area contributed by atoms with Crippen LogP contribution in [0.5, 0.6) is 5.75 Å². The molecule has 0 aliphatic carbocycles. The van der Waals surface area contributed by atoms with E-state index >= 15 is 0 Å². The second kappa shape index (κ2) is 6.64. The van der Waals surface area contributed by atoms with Crippen LogP contribution in [0, 0.1) is 0 Å². The van der Waals surface area contributed by atoms with Crippen LogP contribution in [0.25, 0.3) is 0 Å².